The molecular weight excluding hydrogens is 342 g/mol. The number of ether oxygens (including phenoxy) is 1. The van der Waals surface area contributed by atoms with Gasteiger partial charge >= 0.3 is 0 Å². The maximum Gasteiger partial charge on any atom is 0.255 e. The number of carbonyl (C=O) groups is 1. The van der Waals surface area contributed by atoms with Crippen LogP contribution in [-0.4, -0.2) is 25.4 Å². The van der Waals surface area contributed by atoms with Gasteiger partial charge in [-0.1, -0.05) is 29.3 Å². The minimum Gasteiger partial charge on any atom is -0.496 e. The second kappa shape index (κ2) is 9.24. The molecule has 1 amide bonds. The lowest BCUT2D eigenvalue weighted by Gasteiger charge is -2.16. The first-order valence-corrected chi connectivity index (χ1v) is 8.12. The van der Waals surface area contributed by atoms with E-state index in [0.717, 1.165) is 23.7 Å². The highest BCUT2D eigenvalue weighted by atomic mass is 79.9. The molecule has 0 aliphatic rings. The lowest BCUT2D eigenvalue weighted by Crippen LogP contribution is -2.29. The molecule has 112 valence electrons. The summed E-state index contributed by atoms with van der Waals surface area (Å²) in [5, 5.41) is 2.97. The van der Waals surface area contributed by atoms with Crippen LogP contribution in [-0.2, 0) is 0 Å². The van der Waals surface area contributed by atoms with Gasteiger partial charge in [-0.25, -0.2) is 0 Å². The van der Waals surface area contributed by atoms with Crippen molar-refractivity contribution in [1.29, 1.82) is 0 Å². The van der Waals surface area contributed by atoms with Gasteiger partial charge in [0.1, 0.15) is 5.75 Å². The average Bonchev–Trinajstić information content (AvgIpc) is 2.44. The van der Waals surface area contributed by atoms with Crippen molar-refractivity contribution in [3.8, 4) is 5.75 Å². The molecule has 20 heavy (non-hydrogen) atoms. The van der Waals surface area contributed by atoms with Crippen LogP contribution in [0, 0.1) is 5.92 Å². The van der Waals surface area contributed by atoms with Gasteiger partial charge in [0.15, 0.2) is 0 Å². The third-order valence-electron chi connectivity index (χ3n) is 3.17. The molecule has 3 nitrogen and oxygen atoms in total. The Kier molecular flexibility index (Phi) is 8.00. The third-order valence-corrected chi connectivity index (χ3v) is 3.89. The summed E-state index contributed by atoms with van der Waals surface area (Å²) in [6, 6.07) is 5.38. The SMILES string of the molecule is CCCC(CCCl)CNC(=O)c1ccc(Br)cc1OC. The zero-order valence-electron chi connectivity index (χ0n) is 11.9. The number of methoxy groups -OCH3 is 1. The summed E-state index contributed by atoms with van der Waals surface area (Å²) >= 11 is 9.15. The standard InChI is InChI=1S/C15H21BrClNO2/c1-3-4-11(7-8-17)10-18-15(19)13-6-5-12(16)9-14(13)20-2/h5-6,9,11H,3-4,7-8,10H2,1-2H3,(H,18,19). The summed E-state index contributed by atoms with van der Waals surface area (Å²) in [5.74, 6) is 1.52. The topological polar surface area (TPSA) is 38.3 Å². The largest absolute Gasteiger partial charge is 0.496 e. The van der Waals surface area contributed by atoms with Crippen LogP contribution in [0.5, 0.6) is 5.75 Å². The number of nitrogens with one attached hydrogen (secondary N) is 1. The number of rotatable bonds is 8. The van der Waals surface area contributed by atoms with Crippen LogP contribution >= 0.6 is 27.5 Å². The van der Waals surface area contributed by atoms with Crippen molar-refractivity contribution >= 4 is 33.4 Å². The maximum atomic E-state index is 12.2. The van der Waals surface area contributed by atoms with E-state index in [9.17, 15) is 4.79 Å². The summed E-state index contributed by atoms with van der Waals surface area (Å²) in [4.78, 5) is 12.2. The van der Waals surface area contributed by atoms with E-state index in [1.807, 2.05) is 6.07 Å². The first-order chi connectivity index (χ1) is 9.62. The monoisotopic (exact) mass is 361 g/mol. The smallest absolute Gasteiger partial charge is 0.255 e. The summed E-state index contributed by atoms with van der Waals surface area (Å²) in [7, 11) is 1.56. The van der Waals surface area contributed by atoms with Gasteiger partial charge in [-0.05, 0) is 37.0 Å². The quantitative estimate of drug-likeness (QED) is 0.703. The van der Waals surface area contributed by atoms with Crippen LogP contribution in [0.4, 0.5) is 0 Å². The molecule has 0 heterocycles. The molecule has 1 unspecified atom stereocenters. The van der Waals surface area contributed by atoms with Crippen molar-refractivity contribution in [2.24, 2.45) is 5.92 Å². The van der Waals surface area contributed by atoms with Crippen LogP contribution in [0.2, 0.25) is 0 Å². The van der Waals surface area contributed by atoms with E-state index in [1.54, 1.807) is 19.2 Å². The Morgan fingerprint density at radius 2 is 2.20 bits per heavy atom. The van der Waals surface area contributed by atoms with Crippen LogP contribution < -0.4 is 10.1 Å². The Labute approximate surface area is 134 Å². The first-order valence-electron chi connectivity index (χ1n) is 6.80. The predicted octanol–water partition coefficient (Wildman–Crippen LogP) is 4.23. The number of amides is 1. The van der Waals surface area contributed by atoms with Gasteiger partial charge in [0.05, 0.1) is 12.7 Å². The molecule has 0 saturated carbocycles. The summed E-state index contributed by atoms with van der Waals surface area (Å²) < 4.78 is 6.12. The van der Waals surface area contributed by atoms with Gasteiger partial charge in [0.25, 0.3) is 5.91 Å². The minimum atomic E-state index is -0.106. The molecular formula is C15H21BrClNO2. The third kappa shape index (κ3) is 5.33. The zero-order chi connectivity index (χ0) is 15.0. The van der Waals surface area contributed by atoms with Gasteiger partial charge < -0.3 is 10.1 Å². The molecule has 0 aliphatic heterocycles. The number of hydrogen-bond donors (Lipinski definition) is 1. The molecule has 0 aliphatic carbocycles. The molecule has 0 bridgehead atoms. The van der Waals surface area contributed by atoms with Crippen molar-refractivity contribution in [2.45, 2.75) is 26.2 Å². The highest BCUT2D eigenvalue weighted by molar-refractivity contribution is 9.10. The van der Waals surface area contributed by atoms with Gasteiger partial charge in [-0.3, -0.25) is 4.79 Å². The van der Waals surface area contributed by atoms with Crippen molar-refractivity contribution in [1.82, 2.24) is 5.32 Å². The fourth-order valence-corrected chi connectivity index (χ4v) is 2.74. The Bertz CT molecular complexity index is 434. The van der Waals surface area contributed by atoms with E-state index in [-0.39, 0.29) is 5.91 Å². The molecule has 1 aromatic rings. The van der Waals surface area contributed by atoms with E-state index in [4.69, 9.17) is 16.3 Å². The fraction of sp³-hybridized carbons (Fsp3) is 0.533. The van der Waals surface area contributed by atoms with Crippen molar-refractivity contribution in [3.63, 3.8) is 0 Å². The summed E-state index contributed by atoms with van der Waals surface area (Å²) in [5.41, 5.74) is 0.553. The van der Waals surface area contributed by atoms with Crippen LogP contribution in [0.15, 0.2) is 22.7 Å². The Morgan fingerprint density at radius 1 is 1.45 bits per heavy atom. The molecule has 1 rings (SSSR count). The van der Waals surface area contributed by atoms with E-state index >= 15 is 0 Å². The summed E-state index contributed by atoms with van der Waals surface area (Å²) in [6.45, 7) is 2.79. The summed E-state index contributed by atoms with van der Waals surface area (Å²) in [6.07, 6.45) is 3.09. The van der Waals surface area contributed by atoms with Crippen LogP contribution in [0.3, 0.4) is 0 Å². The van der Waals surface area contributed by atoms with E-state index in [2.05, 4.69) is 28.2 Å². The Morgan fingerprint density at radius 3 is 2.80 bits per heavy atom. The van der Waals surface area contributed by atoms with E-state index in [0.29, 0.717) is 29.7 Å². The average molecular weight is 363 g/mol. The van der Waals surface area contributed by atoms with Gasteiger partial charge in [-0.2, -0.15) is 0 Å². The molecule has 5 heteroatoms. The van der Waals surface area contributed by atoms with E-state index < -0.39 is 0 Å². The number of hydrogen-bond acceptors (Lipinski definition) is 2. The van der Waals surface area contributed by atoms with Crippen molar-refractivity contribution < 1.29 is 9.53 Å². The normalized spacial score (nSPS) is 12.0. The number of alkyl halides is 1. The molecule has 1 atom stereocenters. The first kappa shape index (κ1) is 17.3. The highest BCUT2D eigenvalue weighted by Gasteiger charge is 2.14. The molecule has 0 spiro atoms. The van der Waals surface area contributed by atoms with Crippen molar-refractivity contribution in [3.05, 3.63) is 28.2 Å². The molecule has 0 saturated heterocycles. The Balaban J connectivity index is 2.66. The lowest BCUT2D eigenvalue weighted by atomic mass is 10.0. The fourth-order valence-electron chi connectivity index (χ4n) is 2.10. The lowest BCUT2D eigenvalue weighted by molar-refractivity contribution is 0.0943. The second-order valence-corrected chi connectivity index (χ2v) is 5.98. The highest BCUT2D eigenvalue weighted by Crippen LogP contribution is 2.23. The van der Waals surface area contributed by atoms with Gasteiger partial charge in [-0.15, -0.1) is 11.6 Å². The Hall–Kier alpha value is -0.740. The van der Waals surface area contributed by atoms with E-state index in [1.165, 1.54) is 0 Å². The van der Waals surface area contributed by atoms with Gasteiger partial charge in [0.2, 0.25) is 0 Å². The van der Waals surface area contributed by atoms with Crippen molar-refractivity contribution in [2.75, 3.05) is 19.5 Å². The number of halogens is 2. The second-order valence-electron chi connectivity index (χ2n) is 4.69. The molecule has 1 aromatic carbocycles. The molecule has 0 aromatic heterocycles. The predicted molar refractivity (Wildman–Crippen MR) is 86.8 cm³/mol. The molecule has 0 fully saturated rings. The zero-order valence-corrected chi connectivity index (χ0v) is 14.3. The van der Waals surface area contributed by atoms with Crippen LogP contribution in [0.1, 0.15) is 36.5 Å². The molecule has 1 N–H and O–H groups in total. The number of carbonyl (C=O) groups excluding carboxylic acids is 1. The number of benzene rings is 1. The molecule has 0 radical (unpaired) electrons. The minimum absolute atomic E-state index is 0.106. The van der Waals surface area contributed by atoms with Gasteiger partial charge in [0, 0.05) is 16.9 Å². The van der Waals surface area contributed by atoms with Crippen LogP contribution in [0.25, 0.3) is 0 Å². The maximum absolute atomic E-state index is 12.2.